The predicted octanol–water partition coefficient (Wildman–Crippen LogP) is 2.68. The summed E-state index contributed by atoms with van der Waals surface area (Å²) in [7, 11) is 0. The Labute approximate surface area is 72.7 Å². The van der Waals surface area contributed by atoms with Gasteiger partial charge in [0.25, 0.3) is 0 Å². The van der Waals surface area contributed by atoms with Gasteiger partial charge in [0.05, 0.1) is 0 Å². The lowest BCUT2D eigenvalue weighted by molar-refractivity contribution is -0.104. The van der Waals surface area contributed by atoms with Crippen molar-refractivity contribution in [1.29, 1.82) is 0 Å². The standard InChI is InChI=1S/C11H12O/c1-9(8-12)10(2)11-6-4-3-5-7-11/h3-8H,1-2H3. The topological polar surface area (TPSA) is 17.1 Å². The first-order valence-corrected chi connectivity index (χ1v) is 3.94. The predicted molar refractivity (Wildman–Crippen MR) is 50.8 cm³/mol. The van der Waals surface area contributed by atoms with Gasteiger partial charge in [-0.15, -0.1) is 0 Å². The average Bonchev–Trinajstić information content (AvgIpc) is 2.17. The van der Waals surface area contributed by atoms with Crippen LogP contribution in [0.25, 0.3) is 5.57 Å². The normalized spacial score (nSPS) is 12.2. The minimum atomic E-state index is 0.793. The van der Waals surface area contributed by atoms with Gasteiger partial charge in [0.1, 0.15) is 6.29 Å². The van der Waals surface area contributed by atoms with Crippen LogP contribution in [0.3, 0.4) is 0 Å². The number of hydrogen-bond donors (Lipinski definition) is 0. The van der Waals surface area contributed by atoms with Crippen molar-refractivity contribution in [2.45, 2.75) is 13.8 Å². The zero-order valence-electron chi connectivity index (χ0n) is 7.37. The van der Waals surface area contributed by atoms with E-state index in [4.69, 9.17) is 0 Å². The summed E-state index contributed by atoms with van der Waals surface area (Å²) in [5, 5.41) is 0. The van der Waals surface area contributed by atoms with Gasteiger partial charge in [0.15, 0.2) is 0 Å². The summed E-state index contributed by atoms with van der Waals surface area (Å²) in [4.78, 5) is 10.5. The Kier molecular flexibility index (Phi) is 2.81. The molecule has 0 saturated heterocycles. The van der Waals surface area contributed by atoms with Gasteiger partial charge in [-0.05, 0) is 30.6 Å². The zero-order chi connectivity index (χ0) is 8.97. The molecular weight excluding hydrogens is 148 g/mol. The molecule has 0 aromatic heterocycles. The molecule has 62 valence electrons. The Morgan fingerprint density at radius 2 is 1.75 bits per heavy atom. The van der Waals surface area contributed by atoms with Crippen LogP contribution in [0.2, 0.25) is 0 Å². The van der Waals surface area contributed by atoms with Crippen molar-refractivity contribution in [3.8, 4) is 0 Å². The number of carbonyl (C=O) groups is 1. The molecule has 0 bridgehead atoms. The fourth-order valence-corrected chi connectivity index (χ4v) is 1.00. The number of aldehydes is 1. The molecule has 0 radical (unpaired) electrons. The van der Waals surface area contributed by atoms with E-state index >= 15 is 0 Å². The van der Waals surface area contributed by atoms with Gasteiger partial charge >= 0.3 is 0 Å². The van der Waals surface area contributed by atoms with E-state index in [1.807, 2.05) is 44.2 Å². The van der Waals surface area contributed by atoms with E-state index in [0.29, 0.717) is 0 Å². The summed E-state index contributed by atoms with van der Waals surface area (Å²) in [5.74, 6) is 0. The maximum Gasteiger partial charge on any atom is 0.146 e. The maximum atomic E-state index is 10.5. The van der Waals surface area contributed by atoms with E-state index in [1.165, 1.54) is 0 Å². The first-order valence-electron chi connectivity index (χ1n) is 3.94. The molecule has 1 aromatic carbocycles. The number of rotatable bonds is 2. The largest absolute Gasteiger partial charge is 0.298 e. The number of carbonyl (C=O) groups excluding carboxylic acids is 1. The van der Waals surface area contributed by atoms with Crippen molar-refractivity contribution in [3.05, 3.63) is 41.5 Å². The van der Waals surface area contributed by atoms with Crippen molar-refractivity contribution in [3.63, 3.8) is 0 Å². The van der Waals surface area contributed by atoms with E-state index in [9.17, 15) is 4.79 Å². The van der Waals surface area contributed by atoms with Gasteiger partial charge in [0.2, 0.25) is 0 Å². The van der Waals surface area contributed by atoms with Gasteiger partial charge < -0.3 is 0 Å². The fourth-order valence-electron chi connectivity index (χ4n) is 1.00. The third-order valence-electron chi connectivity index (χ3n) is 1.98. The lowest BCUT2D eigenvalue weighted by Crippen LogP contribution is -1.85. The highest BCUT2D eigenvalue weighted by atomic mass is 16.1. The van der Waals surface area contributed by atoms with Crippen LogP contribution in [0, 0.1) is 0 Å². The Bertz CT molecular complexity index is 296. The molecule has 1 rings (SSSR count). The second-order valence-corrected chi connectivity index (χ2v) is 2.79. The minimum Gasteiger partial charge on any atom is -0.298 e. The summed E-state index contributed by atoms with van der Waals surface area (Å²) in [6, 6.07) is 9.91. The molecule has 0 N–H and O–H groups in total. The van der Waals surface area contributed by atoms with Gasteiger partial charge in [-0.3, -0.25) is 4.79 Å². The molecule has 0 aliphatic carbocycles. The van der Waals surface area contributed by atoms with Crippen LogP contribution in [0.4, 0.5) is 0 Å². The molecule has 0 fully saturated rings. The second-order valence-electron chi connectivity index (χ2n) is 2.79. The third-order valence-corrected chi connectivity index (χ3v) is 1.98. The first-order chi connectivity index (χ1) is 5.75. The van der Waals surface area contributed by atoms with Crippen LogP contribution in [-0.4, -0.2) is 6.29 Å². The molecule has 0 saturated carbocycles. The van der Waals surface area contributed by atoms with E-state index in [0.717, 1.165) is 23.0 Å². The molecule has 1 nitrogen and oxygen atoms in total. The lowest BCUT2D eigenvalue weighted by atomic mass is 10.0. The van der Waals surface area contributed by atoms with Crippen molar-refractivity contribution in [1.82, 2.24) is 0 Å². The van der Waals surface area contributed by atoms with Crippen LogP contribution in [-0.2, 0) is 4.79 Å². The monoisotopic (exact) mass is 160 g/mol. The van der Waals surface area contributed by atoms with Crippen LogP contribution in [0.15, 0.2) is 35.9 Å². The molecule has 0 aliphatic rings. The van der Waals surface area contributed by atoms with Gasteiger partial charge in [0, 0.05) is 0 Å². The van der Waals surface area contributed by atoms with Crippen molar-refractivity contribution < 1.29 is 4.79 Å². The molecular formula is C11H12O. The Morgan fingerprint density at radius 3 is 2.25 bits per heavy atom. The average molecular weight is 160 g/mol. The highest BCUT2D eigenvalue weighted by Gasteiger charge is 1.97. The molecule has 12 heavy (non-hydrogen) atoms. The summed E-state index contributed by atoms with van der Waals surface area (Å²) < 4.78 is 0. The molecule has 1 aromatic rings. The smallest absolute Gasteiger partial charge is 0.146 e. The Balaban J connectivity index is 3.08. The quantitative estimate of drug-likeness (QED) is 0.480. The minimum absolute atomic E-state index is 0.793. The number of benzene rings is 1. The van der Waals surface area contributed by atoms with Crippen LogP contribution in [0.5, 0.6) is 0 Å². The Morgan fingerprint density at radius 1 is 1.17 bits per heavy atom. The van der Waals surface area contributed by atoms with E-state index in [-0.39, 0.29) is 0 Å². The summed E-state index contributed by atoms with van der Waals surface area (Å²) in [5.41, 5.74) is 2.95. The van der Waals surface area contributed by atoms with E-state index in [1.54, 1.807) is 0 Å². The summed E-state index contributed by atoms with van der Waals surface area (Å²) in [6.45, 7) is 3.79. The highest BCUT2D eigenvalue weighted by molar-refractivity contribution is 5.86. The zero-order valence-corrected chi connectivity index (χ0v) is 7.37. The molecule has 1 heteroatoms. The molecule has 0 spiro atoms. The Hall–Kier alpha value is -1.37. The van der Waals surface area contributed by atoms with Crippen molar-refractivity contribution >= 4 is 11.9 Å². The summed E-state index contributed by atoms with van der Waals surface area (Å²) in [6.07, 6.45) is 0.891. The van der Waals surface area contributed by atoms with E-state index in [2.05, 4.69) is 0 Å². The molecule has 0 amide bonds. The maximum absolute atomic E-state index is 10.5. The van der Waals surface area contributed by atoms with Crippen LogP contribution in [0.1, 0.15) is 19.4 Å². The highest BCUT2D eigenvalue weighted by Crippen LogP contribution is 2.15. The second kappa shape index (κ2) is 3.86. The van der Waals surface area contributed by atoms with Gasteiger partial charge in [-0.2, -0.15) is 0 Å². The molecule has 0 unspecified atom stereocenters. The van der Waals surface area contributed by atoms with Crippen molar-refractivity contribution in [2.75, 3.05) is 0 Å². The lowest BCUT2D eigenvalue weighted by Gasteiger charge is -2.01. The number of allylic oxidation sites excluding steroid dienone is 2. The molecule has 0 aliphatic heterocycles. The van der Waals surface area contributed by atoms with Crippen LogP contribution < -0.4 is 0 Å². The van der Waals surface area contributed by atoms with Gasteiger partial charge in [-0.1, -0.05) is 30.3 Å². The first kappa shape index (κ1) is 8.72. The fraction of sp³-hybridized carbons (Fsp3) is 0.182. The molecule has 0 atom stereocenters. The number of hydrogen-bond acceptors (Lipinski definition) is 1. The SMILES string of the molecule is CC(C=O)=C(C)c1ccccc1. The van der Waals surface area contributed by atoms with Crippen molar-refractivity contribution in [2.24, 2.45) is 0 Å². The van der Waals surface area contributed by atoms with Crippen LogP contribution >= 0.6 is 0 Å². The van der Waals surface area contributed by atoms with E-state index < -0.39 is 0 Å². The summed E-state index contributed by atoms with van der Waals surface area (Å²) >= 11 is 0. The third kappa shape index (κ3) is 1.82. The van der Waals surface area contributed by atoms with Gasteiger partial charge in [-0.25, -0.2) is 0 Å². The molecule has 0 heterocycles.